The van der Waals surface area contributed by atoms with Crippen LogP contribution in [0, 0.1) is 0 Å². The lowest BCUT2D eigenvalue weighted by Crippen LogP contribution is -2.19. The Morgan fingerprint density at radius 1 is 1.58 bits per heavy atom. The van der Waals surface area contributed by atoms with Gasteiger partial charge in [-0.05, 0) is 26.7 Å². The van der Waals surface area contributed by atoms with Crippen LogP contribution in [-0.4, -0.2) is 22.4 Å². The quantitative estimate of drug-likeness (QED) is 0.616. The summed E-state index contributed by atoms with van der Waals surface area (Å²) in [6, 6.07) is 0. The van der Waals surface area contributed by atoms with Gasteiger partial charge >= 0.3 is 0 Å². The van der Waals surface area contributed by atoms with E-state index in [9.17, 15) is 5.11 Å². The molecule has 0 aliphatic carbocycles. The van der Waals surface area contributed by atoms with Crippen LogP contribution < -0.4 is 0 Å². The molecule has 0 heterocycles. The summed E-state index contributed by atoms with van der Waals surface area (Å²) >= 11 is 0. The van der Waals surface area contributed by atoms with Gasteiger partial charge < -0.3 is 10.2 Å². The fourth-order valence-corrected chi connectivity index (χ4v) is 0.777. The van der Waals surface area contributed by atoms with Crippen molar-refractivity contribution >= 4 is 0 Å². The van der Waals surface area contributed by atoms with Gasteiger partial charge in [-0.1, -0.05) is 17.7 Å². The molecule has 0 radical (unpaired) electrons. The molecule has 12 heavy (non-hydrogen) atoms. The van der Waals surface area contributed by atoms with Crippen molar-refractivity contribution in [3.05, 3.63) is 24.3 Å². The summed E-state index contributed by atoms with van der Waals surface area (Å²) in [5, 5.41) is 18.2. The summed E-state index contributed by atoms with van der Waals surface area (Å²) in [4.78, 5) is 0. The van der Waals surface area contributed by atoms with Crippen LogP contribution in [0.15, 0.2) is 24.3 Å². The third-order valence-corrected chi connectivity index (χ3v) is 1.83. The van der Waals surface area contributed by atoms with Gasteiger partial charge in [-0.2, -0.15) is 0 Å². The van der Waals surface area contributed by atoms with Gasteiger partial charge in [-0.3, -0.25) is 0 Å². The maximum Gasteiger partial charge on any atom is 0.0800 e. The molecule has 2 heteroatoms. The van der Waals surface area contributed by atoms with Gasteiger partial charge in [0.1, 0.15) is 0 Å². The first-order valence-corrected chi connectivity index (χ1v) is 4.14. The minimum atomic E-state index is -0.785. The van der Waals surface area contributed by atoms with E-state index in [0.717, 1.165) is 12.0 Å². The molecule has 0 saturated carbocycles. The molecule has 0 amide bonds. The van der Waals surface area contributed by atoms with E-state index in [1.54, 1.807) is 6.92 Å². The predicted octanol–water partition coefficient (Wildman–Crippen LogP) is 1.64. The summed E-state index contributed by atoms with van der Waals surface area (Å²) in [6.07, 6.45) is 4.88. The van der Waals surface area contributed by atoms with E-state index in [2.05, 4.69) is 6.58 Å². The maximum atomic E-state index is 9.50. The lowest BCUT2D eigenvalue weighted by molar-refractivity contribution is 0.103. The van der Waals surface area contributed by atoms with E-state index in [1.165, 1.54) is 6.08 Å². The average molecular weight is 170 g/mol. The van der Waals surface area contributed by atoms with Gasteiger partial charge in [0.15, 0.2) is 0 Å². The van der Waals surface area contributed by atoms with Crippen molar-refractivity contribution in [2.24, 2.45) is 0 Å². The molecule has 0 aromatic heterocycles. The van der Waals surface area contributed by atoms with E-state index in [0.29, 0.717) is 6.42 Å². The monoisotopic (exact) mass is 170 g/mol. The van der Waals surface area contributed by atoms with Gasteiger partial charge in [0.2, 0.25) is 0 Å². The predicted molar refractivity (Wildman–Crippen MR) is 50.9 cm³/mol. The highest BCUT2D eigenvalue weighted by atomic mass is 16.3. The van der Waals surface area contributed by atoms with Crippen LogP contribution in [0.4, 0.5) is 0 Å². The molecule has 0 fully saturated rings. The number of aliphatic hydroxyl groups is 2. The van der Waals surface area contributed by atoms with Gasteiger partial charge in [0, 0.05) is 0 Å². The molecule has 0 aliphatic rings. The highest BCUT2D eigenvalue weighted by Crippen LogP contribution is 2.13. The van der Waals surface area contributed by atoms with E-state index in [-0.39, 0.29) is 6.61 Å². The van der Waals surface area contributed by atoms with Crippen molar-refractivity contribution < 1.29 is 10.2 Å². The molecule has 0 aromatic rings. The molecular weight excluding hydrogens is 152 g/mol. The summed E-state index contributed by atoms with van der Waals surface area (Å²) in [7, 11) is 0. The first kappa shape index (κ1) is 11.4. The van der Waals surface area contributed by atoms with E-state index < -0.39 is 5.60 Å². The van der Waals surface area contributed by atoms with Crippen LogP contribution in [0.1, 0.15) is 26.7 Å². The van der Waals surface area contributed by atoms with Crippen LogP contribution in [0.5, 0.6) is 0 Å². The van der Waals surface area contributed by atoms with Crippen LogP contribution >= 0.6 is 0 Å². The van der Waals surface area contributed by atoms with Crippen molar-refractivity contribution in [1.82, 2.24) is 0 Å². The minimum absolute atomic E-state index is 0.0935. The third-order valence-electron chi connectivity index (χ3n) is 1.83. The fraction of sp³-hybridized carbons (Fsp3) is 0.600. The van der Waals surface area contributed by atoms with Crippen molar-refractivity contribution in [3.63, 3.8) is 0 Å². The van der Waals surface area contributed by atoms with Gasteiger partial charge in [0.25, 0.3) is 0 Å². The number of hydrogen-bond donors (Lipinski definition) is 2. The van der Waals surface area contributed by atoms with Crippen molar-refractivity contribution in [3.8, 4) is 0 Å². The van der Waals surface area contributed by atoms with E-state index >= 15 is 0 Å². The number of rotatable bonds is 5. The van der Waals surface area contributed by atoms with Crippen molar-refractivity contribution in [2.75, 3.05) is 6.61 Å². The largest absolute Gasteiger partial charge is 0.392 e. The smallest absolute Gasteiger partial charge is 0.0800 e. The normalized spacial score (nSPS) is 17.2. The molecule has 1 unspecified atom stereocenters. The Kier molecular flexibility index (Phi) is 4.86. The molecule has 70 valence electrons. The molecule has 2 nitrogen and oxygen atoms in total. The Labute approximate surface area is 74.2 Å². The lowest BCUT2D eigenvalue weighted by Gasteiger charge is -2.16. The molecule has 0 aliphatic heterocycles. The highest BCUT2D eigenvalue weighted by Gasteiger charge is 2.12. The topological polar surface area (TPSA) is 40.5 Å². The zero-order chi connectivity index (χ0) is 9.61. The summed E-state index contributed by atoms with van der Waals surface area (Å²) in [6.45, 7) is 7.21. The van der Waals surface area contributed by atoms with E-state index in [1.807, 2.05) is 13.0 Å². The first-order chi connectivity index (χ1) is 5.52. The standard InChI is InChI=1S/C10H18O2/c1-4-10(3,12)7-5-6-9(2)8-11/h4,6,11-12H,1,5,7-8H2,2-3H3/b9-6+. The SMILES string of the molecule is C=CC(C)(O)CC/C=C(\C)CO. The van der Waals surface area contributed by atoms with Crippen molar-refractivity contribution in [2.45, 2.75) is 32.3 Å². The number of hydrogen-bond acceptors (Lipinski definition) is 2. The van der Waals surface area contributed by atoms with Crippen LogP contribution in [0.2, 0.25) is 0 Å². The molecule has 2 N–H and O–H groups in total. The molecular formula is C10H18O2. The Hall–Kier alpha value is -0.600. The number of allylic oxidation sites excluding steroid dienone is 1. The molecule has 0 rings (SSSR count). The Morgan fingerprint density at radius 2 is 2.17 bits per heavy atom. The van der Waals surface area contributed by atoms with Crippen molar-refractivity contribution in [1.29, 1.82) is 0 Å². The lowest BCUT2D eigenvalue weighted by atomic mass is 10.00. The Morgan fingerprint density at radius 3 is 2.58 bits per heavy atom. The molecule has 0 bridgehead atoms. The zero-order valence-electron chi connectivity index (χ0n) is 7.88. The second-order valence-electron chi connectivity index (χ2n) is 3.31. The summed E-state index contributed by atoms with van der Waals surface area (Å²) in [5.74, 6) is 0. The van der Waals surface area contributed by atoms with Gasteiger partial charge in [-0.15, -0.1) is 6.58 Å². The molecule has 0 saturated heterocycles. The third kappa shape index (κ3) is 5.10. The minimum Gasteiger partial charge on any atom is -0.392 e. The zero-order valence-corrected chi connectivity index (χ0v) is 7.88. The van der Waals surface area contributed by atoms with Crippen LogP contribution in [0.3, 0.4) is 0 Å². The Balaban J connectivity index is 3.77. The van der Waals surface area contributed by atoms with E-state index in [4.69, 9.17) is 5.11 Å². The first-order valence-electron chi connectivity index (χ1n) is 4.14. The Bertz CT molecular complexity index is 169. The molecule has 1 atom stereocenters. The highest BCUT2D eigenvalue weighted by molar-refractivity contribution is 5.00. The second-order valence-corrected chi connectivity index (χ2v) is 3.31. The second kappa shape index (κ2) is 5.12. The molecule has 0 spiro atoms. The maximum absolute atomic E-state index is 9.50. The molecule has 0 aromatic carbocycles. The summed E-state index contributed by atoms with van der Waals surface area (Å²) in [5.41, 5.74) is 0.154. The fourth-order valence-electron chi connectivity index (χ4n) is 0.777. The average Bonchev–Trinajstić information content (AvgIpc) is 2.04. The van der Waals surface area contributed by atoms with Crippen LogP contribution in [0.25, 0.3) is 0 Å². The van der Waals surface area contributed by atoms with Crippen LogP contribution in [-0.2, 0) is 0 Å². The summed E-state index contributed by atoms with van der Waals surface area (Å²) < 4.78 is 0. The van der Waals surface area contributed by atoms with Gasteiger partial charge in [-0.25, -0.2) is 0 Å². The number of aliphatic hydroxyl groups excluding tert-OH is 1. The van der Waals surface area contributed by atoms with Gasteiger partial charge in [0.05, 0.1) is 12.2 Å².